The molecule has 0 bridgehead atoms. The second-order valence-corrected chi connectivity index (χ2v) is 7.61. The predicted molar refractivity (Wildman–Crippen MR) is 101 cm³/mol. The number of ether oxygens (including phenoxy) is 1. The minimum Gasteiger partial charge on any atom is -0.489 e. The highest BCUT2D eigenvalue weighted by Gasteiger charge is 2.12. The Bertz CT molecular complexity index is 677. The molecule has 0 atom stereocenters. The topological polar surface area (TPSA) is 21.3 Å². The van der Waals surface area contributed by atoms with Crippen LogP contribution in [-0.4, -0.2) is 6.10 Å². The van der Waals surface area contributed by atoms with E-state index < -0.39 is 0 Å². The van der Waals surface area contributed by atoms with Crippen LogP contribution in [0.2, 0.25) is 10.0 Å². The summed E-state index contributed by atoms with van der Waals surface area (Å²) in [6.07, 6.45) is 0.0983. The first-order chi connectivity index (χ1) is 10.4. The van der Waals surface area contributed by atoms with Gasteiger partial charge in [-0.1, -0.05) is 39.1 Å². The fourth-order valence-corrected chi connectivity index (χ4v) is 3.62. The van der Waals surface area contributed by atoms with Gasteiger partial charge in [-0.25, -0.2) is 0 Å². The smallest absolute Gasteiger partial charge is 0.138 e. The maximum Gasteiger partial charge on any atom is 0.138 e. The molecule has 0 aliphatic heterocycles. The summed E-state index contributed by atoms with van der Waals surface area (Å²) in [5.41, 5.74) is 1.95. The van der Waals surface area contributed by atoms with Crippen molar-refractivity contribution in [2.75, 3.05) is 5.32 Å². The number of anilines is 1. The maximum absolute atomic E-state index is 6.03. The quantitative estimate of drug-likeness (QED) is 0.515. The van der Waals surface area contributed by atoms with Crippen LogP contribution in [-0.2, 0) is 6.54 Å². The van der Waals surface area contributed by atoms with Gasteiger partial charge in [-0.2, -0.15) is 0 Å². The SMILES string of the molecule is CC(C)Oc1c(Br)cc(Br)cc1CNc1ccc(Cl)c(Cl)c1. The van der Waals surface area contributed by atoms with Gasteiger partial charge in [-0.05, 0) is 60.1 Å². The van der Waals surface area contributed by atoms with E-state index in [1.54, 1.807) is 12.1 Å². The molecular weight excluding hydrogens is 453 g/mol. The lowest BCUT2D eigenvalue weighted by Gasteiger charge is -2.17. The molecule has 0 unspecified atom stereocenters. The summed E-state index contributed by atoms with van der Waals surface area (Å²) in [4.78, 5) is 0. The molecule has 1 N–H and O–H groups in total. The molecule has 22 heavy (non-hydrogen) atoms. The molecule has 0 radical (unpaired) electrons. The lowest BCUT2D eigenvalue weighted by atomic mass is 10.2. The summed E-state index contributed by atoms with van der Waals surface area (Å²) in [5.74, 6) is 0.839. The molecule has 0 saturated carbocycles. The van der Waals surface area contributed by atoms with Gasteiger partial charge >= 0.3 is 0 Å². The Morgan fingerprint density at radius 1 is 1.09 bits per heavy atom. The first-order valence-electron chi connectivity index (χ1n) is 6.70. The molecule has 2 nitrogen and oxygen atoms in total. The van der Waals surface area contributed by atoms with Crippen LogP contribution in [0.25, 0.3) is 0 Å². The monoisotopic (exact) mass is 465 g/mol. The highest BCUT2D eigenvalue weighted by molar-refractivity contribution is 9.11. The van der Waals surface area contributed by atoms with Crippen molar-refractivity contribution in [3.63, 3.8) is 0 Å². The Labute approximate surface area is 157 Å². The molecule has 0 saturated heterocycles. The molecule has 0 aliphatic carbocycles. The number of halogens is 4. The molecular formula is C16H15Br2Cl2NO. The Morgan fingerprint density at radius 2 is 1.82 bits per heavy atom. The summed E-state index contributed by atoms with van der Waals surface area (Å²) >= 11 is 19.0. The lowest BCUT2D eigenvalue weighted by Crippen LogP contribution is -2.10. The van der Waals surface area contributed by atoms with Crippen molar-refractivity contribution >= 4 is 60.7 Å². The standard InChI is InChI=1S/C16H15Br2Cl2NO/c1-9(2)22-16-10(5-11(17)6-13(16)18)8-21-12-3-4-14(19)15(20)7-12/h3-7,9,21H,8H2,1-2H3. The molecule has 2 rings (SSSR count). The number of hydrogen-bond acceptors (Lipinski definition) is 2. The highest BCUT2D eigenvalue weighted by Crippen LogP contribution is 2.34. The van der Waals surface area contributed by atoms with Crippen LogP contribution in [0.1, 0.15) is 19.4 Å². The van der Waals surface area contributed by atoms with Crippen LogP contribution < -0.4 is 10.1 Å². The Kier molecular flexibility index (Phi) is 6.45. The van der Waals surface area contributed by atoms with Gasteiger partial charge in [-0.3, -0.25) is 0 Å². The molecule has 2 aromatic rings. The van der Waals surface area contributed by atoms with Crippen LogP contribution >= 0.6 is 55.1 Å². The minimum atomic E-state index is 0.0983. The Balaban J connectivity index is 2.22. The summed E-state index contributed by atoms with van der Waals surface area (Å²) in [5, 5.41) is 4.40. The van der Waals surface area contributed by atoms with E-state index in [0.29, 0.717) is 16.6 Å². The van der Waals surface area contributed by atoms with Gasteiger partial charge in [0.25, 0.3) is 0 Å². The summed E-state index contributed by atoms with van der Waals surface area (Å²) in [7, 11) is 0. The van der Waals surface area contributed by atoms with E-state index in [2.05, 4.69) is 37.2 Å². The summed E-state index contributed by atoms with van der Waals surface area (Å²) in [6.45, 7) is 4.62. The van der Waals surface area contributed by atoms with E-state index >= 15 is 0 Å². The minimum absolute atomic E-state index is 0.0983. The van der Waals surface area contributed by atoms with Crippen LogP contribution in [0.5, 0.6) is 5.75 Å². The maximum atomic E-state index is 6.03. The Hall–Kier alpha value is -0.420. The van der Waals surface area contributed by atoms with E-state index in [-0.39, 0.29) is 6.10 Å². The zero-order chi connectivity index (χ0) is 16.3. The van der Waals surface area contributed by atoms with E-state index in [9.17, 15) is 0 Å². The third-order valence-corrected chi connectivity index (χ3v) is 4.63. The van der Waals surface area contributed by atoms with Gasteiger partial charge in [-0.15, -0.1) is 0 Å². The molecule has 0 aliphatic rings. The molecule has 6 heteroatoms. The number of rotatable bonds is 5. The lowest BCUT2D eigenvalue weighted by molar-refractivity contribution is 0.238. The zero-order valence-corrected chi connectivity index (χ0v) is 16.8. The van der Waals surface area contributed by atoms with E-state index in [4.69, 9.17) is 27.9 Å². The van der Waals surface area contributed by atoms with Gasteiger partial charge in [0.05, 0.1) is 20.6 Å². The number of hydrogen-bond donors (Lipinski definition) is 1. The van der Waals surface area contributed by atoms with Gasteiger partial charge in [0, 0.05) is 22.3 Å². The second kappa shape index (κ2) is 7.91. The third-order valence-electron chi connectivity index (χ3n) is 2.84. The predicted octanol–water partition coefficient (Wildman–Crippen LogP) is 6.92. The summed E-state index contributed by atoms with van der Waals surface area (Å²) in [6, 6.07) is 9.48. The molecule has 0 spiro atoms. The van der Waals surface area contributed by atoms with Gasteiger partial charge in [0.15, 0.2) is 0 Å². The van der Waals surface area contributed by atoms with E-state index in [1.165, 1.54) is 0 Å². The van der Waals surface area contributed by atoms with Crippen LogP contribution in [0, 0.1) is 0 Å². The Morgan fingerprint density at radius 3 is 2.45 bits per heavy atom. The molecule has 0 heterocycles. The normalized spacial score (nSPS) is 10.9. The van der Waals surface area contributed by atoms with Crippen molar-refractivity contribution < 1.29 is 4.74 Å². The molecule has 0 amide bonds. The first kappa shape index (κ1) is 17.9. The molecule has 0 aromatic heterocycles. The first-order valence-corrected chi connectivity index (χ1v) is 9.04. The van der Waals surface area contributed by atoms with Gasteiger partial charge in [0.1, 0.15) is 5.75 Å². The van der Waals surface area contributed by atoms with Crippen molar-refractivity contribution in [2.45, 2.75) is 26.5 Å². The van der Waals surface area contributed by atoms with Crippen molar-refractivity contribution in [3.8, 4) is 5.75 Å². The number of benzene rings is 2. The average molecular weight is 468 g/mol. The molecule has 2 aromatic carbocycles. The van der Waals surface area contributed by atoms with Crippen LogP contribution in [0.15, 0.2) is 39.3 Å². The second-order valence-electron chi connectivity index (χ2n) is 5.02. The fraction of sp³-hybridized carbons (Fsp3) is 0.250. The molecule has 118 valence electrons. The third kappa shape index (κ3) is 4.79. The largest absolute Gasteiger partial charge is 0.489 e. The average Bonchev–Trinajstić information content (AvgIpc) is 2.43. The van der Waals surface area contributed by atoms with Crippen molar-refractivity contribution in [1.82, 2.24) is 0 Å². The van der Waals surface area contributed by atoms with Crippen molar-refractivity contribution in [3.05, 3.63) is 54.9 Å². The van der Waals surface area contributed by atoms with Gasteiger partial charge in [0.2, 0.25) is 0 Å². The van der Waals surface area contributed by atoms with E-state index in [1.807, 2.05) is 32.0 Å². The highest BCUT2D eigenvalue weighted by atomic mass is 79.9. The van der Waals surface area contributed by atoms with Crippen LogP contribution in [0.3, 0.4) is 0 Å². The van der Waals surface area contributed by atoms with Gasteiger partial charge < -0.3 is 10.1 Å². The molecule has 0 fully saturated rings. The number of nitrogens with one attached hydrogen (secondary N) is 1. The zero-order valence-electron chi connectivity index (χ0n) is 12.1. The van der Waals surface area contributed by atoms with Crippen molar-refractivity contribution in [2.24, 2.45) is 0 Å². The van der Waals surface area contributed by atoms with Crippen molar-refractivity contribution in [1.29, 1.82) is 0 Å². The summed E-state index contributed by atoms with van der Waals surface area (Å²) < 4.78 is 7.81. The fourth-order valence-electron chi connectivity index (χ4n) is 1.92. The van der Waals surface area contributed by atoms with Crippen LogP contribution in [0.4, 0.5) is 5.69 Å². The van der Waals surface area contributed by atoms with E-state index in [0.717, 1.165) is 25.9 Å².